The maximum absolute atomic E-state index is 13.2. The standard InChI is InChI=1S/C19H13ClF2N2O2/c20-13-4-1-3-12(9-13)11-24-8-2-5-15(19(24)26)18(25)23-14-6-7-16(21)17(22)10-14/h1-10H,11H2,(H,23,25). The summed E-state index contributed by atoms with van der Waals surface area (Å²) in [5.41, 5.74) is 0.239. The third-order valence-electron chi connectivity index (χ3n) is 3.68. The van der Waals surface area contributed by atoms with Gasteiger partial charge in [0.2, 0.25) is 0 Å². The number of hydrogen-bond donors (Lipinski definition) is 1. The van der Waals surface area contributed by atoms with Gasteiger partial charge < -0.3 is 9.88 Å². The maximum Gasteiger partial charge on any atom is 0.263 e. The Morgan fingerprint density at radius 1 is 1.04 bits per heavy atom. The van der Waals surface area contributed by atoms with Crippen molar-refractivity contribution in [2.24, 2.45) is 0 Å². The van der Waals surface area contributed by atoms with E-state index in [1.54, 1.807) is 30.5 Å². The van der Waals surface area contributed by atoms with Crippen molar-refractivity contribution >= 4 is 23.2 Å². The van der Waals surface area contributed by atoms with Gasteiger partial charge in [-0.2, -0.15) is 0 Å². The van der Waals surface area contributed by atoms with Gasteiger partial charge in [-0.1, -0.05) is 23.7 Å². The molecule has 26 heavy (non-hydrogen) atoms. The number of aromatic nitrogens is 1. The predicted octanol–water partition coefficient (Wildman–Crippen LogP) is 4.08. The van der Waals surface area contributed by atoms with Crippen molar-refractivity contribution in [3.05, 3.63) is 98.9 Å². The number of halogens is 3. The van der Waals surface area contributed by atoms with E-state index in [0.717, 1.165) is 17.7 Å². The number of rotatable bonds is 4. The molecule has 0 saturated heterocycles. The molecule has 1 heterocycles. The van der Waals surface area contributed by atoms with Gasteiger partial charge in [0.05, 0.1) is 6.54 Å². The Hall–Kier alpha value is -2.99. The smallest absolute Gasteiger partial charge is 0.263 e. The lowest BCUT2D eigenvalue weighted by Crippen LogP contribution is -2.29. The normalized spacial score (nSPS) is 10.6. The summed E-state index contributed by atoms with van der Waals surface area (Å²) in [6.07, 6.45) is 1.55. The second-order valence-corrected chi connectivity index (χ2v) is 6.00. The zero-order valence-corrected chi connectivity index (χ0v) is 14.1. The number of nitrogens with zero attached hydrogens (tertiary/aromatic N) is 1. The number of benzene rings is 2. The average Bonchev–Trinajstić information content (AvgIpc) is 2.60. The third kappa shape index (κ3) is 3.97. The Balaban J connectivity index is 1.85. The maximum atomic E-state index is 13.2. The van der Waals surface area contributed by atoms with Gasteiger partial charge in [-0.25, -0.2) is 8.78 Å². The van der Waals surface area contributed by atoms with Gasteiger partial charge >= 0.3 is 0 Å². The van der Waals surface area contributed by atoms with Crippen LogP contribution >= 0.6 is 11.6 Å². The molecule has 4 nitrogen and oxygen atoms in total. The first-order chi connectivity index (χ1) is 12.4. The molecule has 1 amide bonds. The van der Waals surface area contributed by atoms with Gasteiger partial charge in [0.1, 0.15) is 5.56 Å². The Morgan fingerprint density at radius 3 is 2.58 bits per heavy atom. The monoisotopic (exact) mass is 374 g/mol. The topological polar surface area (TPSA) is 51.1 Å². The Kier molecular flexibility index (Phi) is 5.14. The quantitative estimate of drug-likeness (QED) is 0.748. The molecule has 7 heteroatoms. The molecule has 0 aliphatic carbocycles. The van der Waals surface area contributed by atoms with Crippen LogP contribution in [0.25, 0.3) is 0 Å². The molecular weight excluding hydrogens is 362 g/mol. The van der Waals surface area contributed by atoms with Gasteiger partial charge in [-0.3, -0.25) is 9.59 Å². The van der Waals surface area contributed by atoms with Crippen LogP contribution in [0.1, 0.15) is 15.9 Å². The highest BCUT2D eigenvalue weighted by atomic mass is 35.5. The minimum atomic E-state index is -1.09. The SMILES string of the molecule is O=C(Nc1ccc(F)c(F)c1)c1cccn(Cc2cccc(Cl)c2)c1=O. The van der Waals surface area contributed by atoms with Crippen molar-refractivity contribution in [1.82, 2.24) is 4.57 Å². The highest BCUT2D eigenvalue weighted by Gasteiger charge is 2.13. The largest absolute Gasteiger partial charge is 0.322 e. The van der Waals surface area contributed by atoms with Crippen LogP contribution in [0, 0.1) is 11.6 Å². The van der Waals surface area contributed by atoms with Crippen LogP contribution < -0.4 is 10.9 Å². The lowest BCUT2D eigenvalue weighted by atomic mass is 10.2. The highest BCUT2D eigenvalue weighted by molar-refractivity contribution is 6.30. The summed E-state index contributed by atoms with van der Waals surface area (Å²) < 4.78 is 27.6. The number of hydrogen-bond acceptors (Lipinski definition) is 2. The Morgan fingerprint density at radius 2 is 1.85 bits per heavy atom. The summed E-state index contributed by atoms with van der Waals surface area (Å²) in [6.45, 7) is 0.242. The fraction of sp³-hybridized carbons (Fsp3) is 0.0526. The fourth-order valence-electron chi connectivity index (χ4n) is 2.44. The van der Waals surface area contributed by atoms with Crippen LogP contribution in [-0.4, -0.2) is 10.5 Å². The minimum absolute atomic E-state index is 0.0542. The summed E-state index contributed by atoms with van der Waals surface area (Å²) in [6, 6.07) is 12.9. The summed E-state index contributed by atoms with van der Waals surface area (Å²) in [5.74, 6) is -2.82. The van der Waals surface area contributed by atoms with Crippen LogP contribution in [0.3, 0.4) is 0 Å². The molecule has 0 fully saturated rings. The highest BCUT2D eigenvalue weighted by Crippen LogP contribution is 2.14. The number of amides is 1. The van der Waals surface area contributed by atoms with Gasteiger partial charge in [0.15, 0.2) is 11.6 Å². The Labute approximate surface area is 152 Å². The lowest BCUT2D eigenvalue weighted by molar-refractivity contribution is 0.102. The average molecular weight is 375 g/mol. The number of anilines is 1. The zero-order valence-electron chi connectivity index (χ0n) is 13.4. The van der Waals surface area contributed by atoms with E-state index in [4.69, 9.17) is 11.6 Å². The molecule has 0 bridgehead atoms. The molecule has 0 unspecified atom stereocenters. The van der Waals surface area contributed by atoms with Gasteiger partial charge in [-0.05, 0) is 42.0 Å². The van der Waals surface area contributed by atoms with E-state index < -0.39 is 23.1 Å². The second-order valence-electron chi connectivity index (χ2n) is 5.57. The minimum Gasteiger partial charge on any atom is -0.322 e. The van der Waals surface area contributed by atoms with E-state index in [9.17, 15) is 18.4 Å². The molecular formula is C19H13ClF2N2O2. The molecule has 132 valence electrons. The summed E-state index contributed by atoms with van der Waals surface area (Å²) in [4.78, 5) is 24.9. The van der Waals surface area contributed by atoms with Crippen molar-refractivity contribution < 1.29 is 13.6 Å². The van der Waals surface area contributed by atoms with Crippen molar-refractivity contribution in [3.8, 4) is 0 Å². The first-order valence-electron chi connectivity index (χ1n) is 7.64. The first kappa shape index (κ1) is 17.8. The van der Waals surface area contributed by atoms with Gasteiger partial charge in [0, 0.05) is 23.0 Å². The lowest BCUT2D eigenvalue weighted by Gasteiger charge is -2.09. The van der Waals surface area contributed by atoms with Crippen LogP contribution in [0.4, 0.5) is 14.5 Å². The molecule has 1 N–H and O–H groups in total. The van der Waals surface area contributed by atoms with Crippen LogP contribution in [0.2, 0.25) is 5.02 Å². The van der Waals surface area contributed by atoms with Crippen molar-refractivity contribution in [2.75, 3.05) is 5.32 Å². The molecule has 0 atom stereocenters. The van der Waals surface area contributed by atoms with Crippen LogP contribution in [-0.2, 0) is 6.54 Å². The molecule has 1 aromatic heterocycles. The summed E-state index contributed by atoms with van der Waals surface area (Å²) in [7, 11) is 0. The van der Waals surface area contributed by atoms with Crippen molar-refractivity contribution in [3.63, 3.8) is 0 Å². The predicted molar refractivity (Wildman–Crippen MR) is 95.6 cm³/mol. The van der Waals surface area contributed by atoms with E-state index in [1.165, 1.54) is 16.7 Å². The zero-order chi connectivity index (χ0) is 18.7. The van der Waals surface area contributed by atoms with Crippen LogP contribution in [0.5, 0.6) is 0 Å². The van der Waals surface area contributed by atoms with E-state index >= 15 is 0 Å². The number of pyridine rings is 1. The third-order valence-corrected chi connectivity index (χ3v) is 3.92. The van der Waals surface area contributed by atoms with Gasteiger partial charge in [-0.15, -0.1) is 0 Å². The number of carbonyl (C=O) groups excluding carboxylic acids is 1. The van der Waals surface area contributed by atoms with Crippen molar-refractivity contribution in [1.29, 1.82) is 0 Å². The molecule has 0 radical (unpaired) electrons. The second kappa shape index (κ2) is 7.49. The first-order valence-corrected chi connectivity index (χ1v) is 8.02. The fourth-order valence-corrected chi connectivity index (χ4v) is 2.65. The summed E-state index contributed by atoms with van der Waals surface area (Å²) >= 11 is 5.94. The van der Waals surface area contributed by atoms with E-state index in [0.29, 0.717) is 5.02 Å². The van der Waals surface area contributed by atoms with E-state index in [2.05, 4.69) is 5.32 Å². The van der Waals surface area contributed by atoms with E-state index in [-0.39, 0.29) is 17.8 Å². The van der Waals surface area contributed by atoms with Crippen molar-refractivity contribution in [2.45, 2.75) is 6.54 Å². The molecule has 0 saturated carbocycles. The number of nitrogens with one attached hydrogen (secondary N) is 1. The summed E-state index contributed by atoms with van der Waals surface area (Å²) in [5, 5.41) is 2.93. The van der Waals surface area contributed by atoms with Crippen LogP contribution in [0.15, 0.2) is 65.6 Å². The van der Waals surface area contributed by atoms with Gasteiger partial charge in [0.25, 0.3) is 11.5 Å². The Bertz CT molecular complexity index is 1030. The molecule has 0 aliphatic rings. The molecule has 2 aromatic carbocycles. The molecule has 3 rings (SSSR count). The number of carbonyl (C=O) groups is 1. The molecule has 0 spiro atoms. The molecule has 3 aromatic rings. The molecule has 0 aliphatic heterocycles. The van der Waals surface area contributed by atoms with E-state index in [1.807, 2.05) is 6.07 Å².